The quantitative estimate of drug-likeness (QED) is 0.472. The Balaban J connectivity index is 1.48. The van der Waals surface area contributed by atoms with Crippen LogP contribution in [-0.2, 0) is 9.59 Å². The van der Waals surface area contributed by atoms with E-state index in [2.05, 4.69) is 17.3 Å². The summed E-state index contributed by atoms with van der Waals surface area (Å²) in [5.41, 5.74) is 0.234. The molecular formula is C16H14N2O3. The van der Waals surface area contributed by atoms with Gasteiger partial charge in [0.2, 0.25) is 0 Å². The summed E-state index contributed by atoms with van der Waals surface area (Å²) in [6.07, 6.45) is 9.58. The summed E-state index contributed by atoms with van der Waals surface area (Å²) in [5, 5.41) is 5.12. The Hall–Kier alpha value is -2.17. The van der Waals surface area contributed by atoms with Gasteiger partial charge in [0.1, 0.15) is 5.76 Å². The molecule has 4 atom stereocenters. The molecule has 3 aliphatic carbocycles. The van der Waals surface area contributed by atoms with E-state index in [9.17, 15) is 9.59 Å². The number of amides is 2. The van der Waals surface area contributed by atoms with E-state index in [0.717, 1.165) is 17.9 Å². The van der Waals surface area contributed by atoms with E-state index in [1.54, 1.807) is 12.1 Å². The smallest absolute Gasteiger partial charge is 0.254 e. The predicted molar refractivity (Wildman–Crippen MR) is 72.9 cm³/mol. The van der Waals surface area contributed by atoms with Crippen molar-refractivity contribution in [3.63, 3.8) is 0 Å². The molecule has 5 nitrogen and oxygen atoms in total. The third-order valence-electron chi connectivity index (χ3n) is 5.67. The summed E-state index contributed by atoms with van der Waals surface area (Å²) in [5.74, 6) is 0.354. The number of furan rings is 1. The van der Waals surface area contributed by atoms with Gasteiger partial charge in [-0.1, -0.05) is 12.2 Å². The first-order valence-electron chi connectivity index (χ1n) is 7.36. The third-order valence-corrected chi connectivity index (χ3v) is 5.67. The molecule has 0 unspecified atom stereocenters. The van der Waals surface area contributed by atoms with Crippen LogP contribution < -0.4 is 0 Å². The molecule has 106 valence electrons. The highest BCUT2D eigenvalue weighted by atomic mass is 16.3. The van der Waals surface area contributed by atoms with Crippen molar-refractivity contribution in [1.82, 2.24) is 5.01 Å². The van der Waals surface area contributed by atoms with Gasteiger partial charge in [0.15, 0.2) is 0 Å². The summed E-state index contributed by atoms with van der Waals surface area (Å²) < 4.78 is 5.14. The lowest BCUT2D eigenvalue weighted by atomic mass is 9.85. The van der Waals surface area contributed by atoms with Gasteiger partial charge in [-0.05, 0) is 42.2 Å². The number of nitrogens with zero attached hydrogens (tertiary/aromatic N) is 2. The summed E-state index contributed by atoms with van der Waals surface area (Å²) in [6, 6.07) is 3.48. The number of imide groups is 1. The summed E-state index contributed by atoms with van der Waals surface area (Å²) >= 11 is 0. The zero-order valence-corrected chi connectivity index (χ0v) is 11.3. The first-order chi connectivity index (χ1) is 10.2. The van der Waals surface area contributed by atoms with E-state index in [-0.39, 0.29) is 40.9 Å². The number of hydrogen-bond acceptors (Lipinski definition) is 4. The van der Waals surface area contributed by atoms with Crippen molar-refractivity contribution < 1.29 is 14.0 Å². The minimum absolute atomic E-state index is 0.143. The third kappa shape index (κ3) is 1.25. The summed E-state index contributed by atoms with van der Waals surface area (Å²) in [6.45, 7) is 0. The lowest BCUT2D eigenvalue weighted by Crippen LogP contribution is -2.30. The van der Waals surface area contributed by atoms with E-state index in [0.29, 0.717) is 5.76 Å². The van der Waals surface area contributed by atoms with Crippen molar-refractivity contribution >= 4 is 18.0 Å². The molecule has 5 heteroatoms. The summed E-state index contributed by atoms with van der Waals surface area (Å²) in [4.78, 5) is 25.2. The zero-order valence-electron chi connectivity index (χ0n) is 11.3. The van der Waals surface area contributed by atoms with E-state index < -0.39 is 0 Å². The maximum Gasteiger partial charge on any atom is 0.254 e. The molecule has 1 aliphatic heterocycles. The van der Waals surface area contributed by atoms with Crippen LogP contribution in [0.5, 0.6) is 0 Å². The van der Waals surface area contributed by atoms with Crippen molar-refractivity contribution in [2.45, 2.75) is 12.8 Å². The molecule has 2 amide bonds. The molecule has 1 aromatic heterocycles. The van der Waals surface area contributed by atoms with Crippen molar-refractivity contribution in [1.29, 1.82) is 0 Å². The van der Waals surface area contributed by atoms with Gasteiger partial charge >= 0.3 is 0 Å². The Kier molecular flexibility index (Phi) is 1.93. The number of carbonyl (C=O) groups is 2. The standard InChI is InChI=1S/C16H14N2O3/c19-14-12-10-3-4-11(16(10)5-6-16)13(12)15(20)18(14)17-8-9-2-1-7-21-9/h1-4,7-8,10-13H,5-6H2/b17-8-/t10-,11-,12-,13-/m1/s1. The molecule has 5 rings (SSSR count). The van der Waals surface area contributed by atoms with Gasteiger partial charge in [0.25, 0.3) is 11.8 Å². The van der Waals surface area contributed by atoms with E-state index in [4.69, 9.17) is 4.42 Å². The minimum Gasteiger partial charge on any atom is -0.463 e. The molecule has 21 heavy (non-hydrogen) atoms. The second kappa shape index (κ2) is 3.53. The van der Waals surface area contributed by atoms with Gasteiger partial charge in [-0.25, -0.2) is 0 Å². The van der Waals surface area contributed by atoms with Crippen LogP contribution in [0.2, 0.25) is 0 Å². The van der Waals surface area contributed by atoms with Crippen LogP contribution in [0.4, 0.5) is 0 Å². The van der Waals surface area contributed by atoms with Crippen molar-refractivity contribution in [3.05, 3.63) is 36.3 Å². The number of hydrogen-bond donors (Lipinski definition) is 0. The van der Waals surface area contributed by atoms with Gasteiger partial charge in [0, 0.05) is 0 Å². The first kappa shape index (κ1) is 11.5. The topological polar surface area (TPSA) is 62.9 Å². The van der Waals surface area contributed by atoms with E-state index in [1.807, 2.05) is 0 Å². The van der Waals surface area contributed by atoms with Crippen LogP contribution >= 0.6 is 0 Å². The largest absolute Gasteiger partial charge is 0.463 e. The highest BCUT2D eigenvalue weighted by Crippen LogP contribution is 2.73. The Labute approximate surface area is 121 Å². The zero-order chi connectivity index (χ0) is 14.2. The van der Waals surface area contributed by atoms with Crippen LogP contribution in [0, 0.1) is 29.1 Å². The van der Waals surface area contributed by atoms with Gasteiger partial charge in [0.05, 0.1) is 24.3 Å². The van der Waals surface area contributed by atoms with Gasteiger partial charge in [-0.3, -0.25) is 9.59 Å². The second-order valence-corrected chi connectivity index (χ2v) is 6.47. The molecular weight excluding hydrogens is 268 g/mol. The molecule has 4 aliphatic rings. The maximum atomic E-state index is 12.6. The number of hydrazone groups is 1. The van der Waals surface area contributed by atoms with E-state index in [1.165, 1.54) is 12.5 Å². The molecule has 1 spiro atoms. The van der Waals surface area contributed by atoms with Gasteiger partial charge < -0.3 is 4.42 Å². The monoisotopic (exact) mass is 282 g/mol. The second-order valence-electron chi connectivity index (χ2n) is 6.47. The van der Waals surface area contributed by atoms with Crippen LogP contribution in [0.25, 0.3) is 0 Å². The van der Waals surface area contributed by atoms with Crippen LogP contribution in [0.3, 0.4) is 0 Å². The average Bonchev–Trinajstić information content (AvgIpc) is 2.77. The maximum absolute atomic E-state index is 12.6. The molecule has 2 heterocycles. The number of carbonyl (C=O) groups excluding carboxylic acids is 2. The van der Waals surface area contributed by atoms with Gasteiger partial charge in [-0.15, -0.1) is 0 Å². The van der Waals surface area contributed by atoms with Crippen LogP contribution in [0.15, 0.2) is 40.1 Å². The van der Waals surface area contributed by atoms with Crippen LogP contribution in [-0.4, -0.2) is 23.0 Å². The fraction of sp³-hybridized carbons (Fsp3) is 0.438. The Bertz CT molecular complexity index is 665. The fourth-order valence-electron chi connectivity index (χ4n) is 4.66. The van der Waals surface area contributed by atoms with Gasteiger partial charge in [-0.2, -0.15) is 10.1 Å². The molecule has 3 fully saturated rings. The number of allylic oxidation sites excluding steroid dienone is 2. The molecule has 2 saturated carbocycles. The van der Waals surface area contributed by atoms with Crippen molar-refractivity contribution in [3.8, 4) is 0 Å². The van der Waals surface area contributed by atoms with E-state index >= 15 is 0 Å². The van der Waals surface area contributed by atoms with Crippen molar-refractivity contribution in [2.75, 3.05) is 0 Å². The van der Waals surface area contributed by atoms with Crippen LogP contribution in [0.1, 0.15) is 18.6 Å². The highest BCUT2D eigenvalue weighted by molar-refractivity contribution is 6.07. The Morgan fingerprint density at radius 2 is 1.86 bits per heavy atom. The summed E-state index contributed by atoms with van der Waals surface area (Å²) in [7, 11) is 0. The molecule has 2 bridgehead atoms. The predicted octanol–water partition coefficient (Wildman–Crippen LogP) is 1.81. The Morgan fingerprint density at radius 1 is 1.19 bits per heavy atom. The Morgan fingerprint density at radius 3 is 2.38 bits per heavy atom. The SMILES string of the molecule is O=C1[C@H]2[C@H](C(=O)N1/N=C\c1ccco1)[C@H]1C=C[C@H]2C12CC2. The molecule has 0 radical (unpaired) electrons. The lowest BCUT2D eigenvalue weighted by molar-refractivity contribution is -0.141. The fourth-order valence-corrected chi connectivity index (χ4v) is 4.66. The normalized spacial score (nSPS) is 38.2. The average molecular weight is 282 g/mol. The molecule has 1 saturated heterocycles. The first-order valence-corrected chi connectivity index (χ1v) is 7.36. The number of fused-ring (bicyclic) bond motifs is 3. The number of rotatable bonds is 2. The molecule has 0 aromatic carbocycles. The molecule has 1 aromatic rings. The highest BCUT2D eigenvalue weighted by Gasteiger charge is 2.73. The molecule has 0 N–H and O–H groups in total. The lowest BCUT2D eigenvalue weighted by Gasteiger charge is -2.18. The minimum atomic E-state index is -0.191. The van der Waals surface area contributed by atoms with Crippen molar-refractivity contribution in [2.24, 2.45) is 34.2 Å².